The van der Waals surface area contributed by atoms with Crippen LogP contribution in [0.1, 0.15) is 34.1 Å². The van der Waals surface area contributed by atoms with Crippen molar-refractivity contribution in [3.63, 3.8) is 0 Å². The molecule has 5 heteroatoms. The van der Waals surface area contributed by atoms with Gasteiger partial charge >= 0.3 is 0 Å². The fourth-order valence-electron chi connectivity index (χ4n) is 2.90. The van der Waals surface area contributed by atoms with Crippen LogP contribution in [0.15, 0.2) is 40.9 Å². The van der Waals surface area contributed by atoms with Crippen molar-refractivity contribution in [3.05, 3.63) is 36.4 Å². The maximum absolute atomic E-state index is 13.0. The van der Waals surface area contributed by atoms with Crippen LogP contribution in [0.2, 0.25) is 0 Å². The first-order chi connectivity index (χ1) is 12.1. The normalized spacial score (nSPS) is 12.4. The number of benzene rings is 1. The number of nitrogens with zero attached hydrogens (tertiary/aromatic N) is 3. The molecule has 5 nitrogen and oxygen atoms in total. The van der Waals surface area contributed by atoms with Crippen LogP contribution in [0, 0.1) is 5.92 Å². The zero-order valence-corrected chi connectivity index (χ0v) is 15.7. The third-order valence-corrected chi connectivity index (χ3v) is 4.39. The van der Waals surface area contributed by atoms with Gasteiger partial charge in [0.05, 0.1) is 0 Å². The molecule has 1 amide bonds. The molecule has 1 aromatic carbocycles. The number of hydrogen-bond acceptors (Lipinski definition) is 4. The smallest absolute Gasteiger partial charge is 0.234 e. The molecular weight excluding hydrogens is 314 g/mol. The standard InChI is InChI=1S/C20H29N3O2/c1-5-13-23(20(24)16(4)15-22(6-2)7-3)19-14-18(21-25-19)17-11-9-8-10-12-17/h8-12,14,16H,5-7,13,15H2,1-4H3. The zero-order valence-electron chi connectivity index (χ0n) is 15.7. The highest BCUT2D eigenvalue weighted by atomic mass is 16.5. The molecule has 0 fully saturated rings. The van der Waals surface area contributed by atoms with Gasteiger partial charge in [0.15, 0.2) is 0 Å². The van der Waals surface area contributed by atoms with E-state index in [9.17, 15) is 4.79 Å². The number of anilines is 1. The maximum atomic E-state index is 13.0. The minimum Gasteiger partial charge on any atom is -0.338 e. The molecule has 0 saturated heterocycles. The number of amides is 1. The quantitative estimate of drug-likeness (QED) is 0.689. The molecule has 0 N–H and O–H groups in total. The third-order valence-electron chi connectivity index (χ3n) is 4.39. The highest BCUT2D eigenvalue weighted by Crippen LogP contribution is 2.25. The SMILES string of the molecule is CCCN(C(=O)C(C)CN(CC)CC)c1cc(-c2ccccc2)no1. The Labute approximate surface area is 150 Å². The number of rotatable bonds is 9. The van der Waals surface area contributed by atoms with Gasteiger partial charge in [0.2, 0.25) is 11.8 Å². The lowest BCUT2D eigenvalue weighted by Crippen LogP contribution is -2.41. The van der Waals surface area contributed by atoms with Crippen LogP contribution in [0.4, 0.5) is 5.88 Å². The fraction of sp³-hybridized carbons (Fsp3) is 0.500. The van der Waals surface area contributed by atoms with E-state index >= 15 is 0 Å². The Kier molecular flexibility index (Phi) is 7.19. The van der Waals surface area contributed by atoms with Crippen LogP contribution in [0.3, 0.4) is 0 Å². The van der Waals surface area contributed by atoms with Crippen LogP contribution in [0.5, 0.6) is 0 Å². The van der Waals surface area contributed by atoms with Gasteiger partial charge in [0, 0.05) is 30.6 Å². The lowest BCUT2D eigenvalue weighted by atomic mass is 10.1. The molecule has 0 aliphatic rings. The number of carbonyl (C=O) groups excluding carboxylic acids is 1. The number of carbonyl (C=O) groups is 1. The Bertz CT molecular complexity index is 650. The molecule has 1 heterocycles. The second kappa shape index (κ2) is 9.37. The highest BCUT2D eigenvalue weighted by Gasteiger charge is 2.25. The van der Waals surface area contributed by atoms with E-state index in [2.05, 4.69) is 30.8 Å². The van der Waals surface area contributed by atoms with E-state index in [4.69, 9.17) is 4.52 Å². The van der Waals surface area contributed by atoms with Gasteiger partial charge in [0.1, 0.15) is 5.69 Å². The van der Waals surface area contributed by atoms with Crippen molar-refractivity contribution >= 4 is 11.8 Å². The molecule has 1 atom stereocenters. The third kappa shape index (κ3) is 4.92. The lowest BCUT2D eigenvalue weighted by molar-refractivity contribution is -0.122. The van der Waals surface area contributed by atoms with Gasteiger partial charge in [-0.3, -0.25) is 9.69 Å². The molecule has 0 aliphatic carbocycles. The van der Waals surface area contributed by atoms with Crippen molar-refractivity contribution in [2.45, 2.75) is 34.1 Å². The van der Waals surface area contributed by atoms with E-state index in [1.165, 1.54) is 0 Å². The van der Waals surface area contributed by atoms with Gasteiger partial charge in [-0.15, -0.1) is 0 Å². The molecular formula is C20H29N3O2. The van der Waals surface area contributed by atoms with Gasteiger partial charge < -0.3 is 9.42 Å². The molecule has 0 saturated carbocycles. The van der Waals surface area contributed by atoms with Crippen molar-refractivity contribution in [1.82, 2.24) is 10.1 Å². The van der Waals surface area contributed by atoms with E-state index in [1.807, 2.05) is 43.3 Å². The van der Waals surface area contributed by atoms with Gasteiger partial charge in [0.25, 0.3) is 0 Å². The summed E-state index contributed by atoms with van der Waals surface area (Å²) < 4.78 is 5.50. The van der Waals surface area contributed by atoms with Crippen LogP contribution < -0.4 is 4.90 Å². The Morgan fingerprint density at radius 2 is 1.84 bits per heavy atom. The largest absolute Gasteiger partial charge is 0.338 e. The van der Waals surface area contributed by atoms with Gasteiger partial charge in [-0.05, 0) is 19.5 Å². The number of hydrogen-bond donors (Lipinski definition) is 0. The van der Waals surface area contributed by atoms with Gasteiger partial charge in [-0.2, -0.15) is 0 Å². The van der Waals surface area contributed by atoms with E-state index in [1.54, 1.807) is 4.90 Å². The van der Waals surface area contributed by atoms with Crippen LogP contribution in [-0.4, -0.2) is 42.1 Å². The van der Waals surface area contributed by atoms with E-state index in [0.29, 0.717) is 12.4 Å². The second-order valence-corrected chi connectivity index (χ2v) is 6.29. The van der Waals surface area contributed by atoms with Crippen LogP contribution in [-0.2, 0) is 4.79 Å². The maximum Gasteiger partial charge on any atom is 0.234 e. The average molecular weight is 343 g/mol. The summed E-state index contributed by atoms with van der Waals surface area (Å²) in [5.41, 5.74) is 1.73. The molecule has 0 aliphatic heterocycles. The van der Waals surface area contributed by atoms with Crippen molar-refractivity contribution < 1.29 is 9.32 Å². The summed E-state index contributed by atoms with van der Waals surface area (Å²) in [6, 6.07) is 11.7. The summed E-state index contributed by atoms with van der Waals surface area (Å²) in [6.07, 6.45) is 0.866. The minimum atomic E-state index is -0.0864. The molecule has 2 aromatic rings. The lowest BCUT2D eigenvalue weighted by Gasteiger charge is -2.26. The summed E-state index contributed by atoms with van der Waals surface area (Å²) in [4.78, 5) is 17.0. The Balaban J connectivity index is 2.17. The Morgan fingerprint density at radius 3 is 2.44 bits per heavy atom. The van der Waals surface area contributed by atoms with Crippen molar-refractivity contribution in [2.75, 3.05) is 31.1 Å². The average Bonchev–Trinajstić information content (AvgIpc) is 3.14. The van der Waals surface area contributed by atoms with E-state index < -0.39 is 0 Å². The first-order valence-corrected chi connectivity index (χ1v) is 9.16. The van der Waals surface area contributed by atoms with Gasteiger partial charge in [-0.1, -0.05) is 63.2 Å². The predicted molar refractivity (Wildman–Crippen MR) is 102 cm³/mol. The molecule has 1 aromatic heterocycles. The van der Waals surface area contributed by atoms with Gasteiger partial charge in [-0.25, -0.2) is 0 Å². The Hall–Kier alpha value is -2.14. The molecule has 1 unspecified atom stereocenters. The molecule has 25 heavy (non-hydrogen) atoms. The monoisotopic (exact) mass is 343 g/mol. The minimum absolute atomic E-state index is 0.0864. The summed E-state index contributed by atoms with van der Waals surface area (Å²) in [7, 11) is 0. The van der Waals surface area contributed by atoms with Crippen LogP contribution in [0.25, 0.3) is 11.3 Å². The number of aromatic nitrogens is 1. The van der Waals surface area contributed by atoms with E-state index in [-0.39, 0.29) is 11.8 Å². The van der Waals surface area contributed by atoms with Crippen LogP contribution >= 0.6 is 0 Å². The zero-order chi connectivity index (χ0) is 18.2. The molecule has 2 rings (SSSR count). The van der Waals surface area contributed by atoms with Crippen molar-refractivity contribution in [1.29, 1.82) is 0 Å². The fourth-order valence-corrected chi connectivity index (χ4v) is 2.90. The summed E-state index contributed by atoms with van der Waals surface area (Å²) in [6.45, 7) is 11.6. The summed E-state index contributed by atoms with van der Waals surface area (Å²) in [5, 5.41) is 4.15. The first-order valence-electron chi connectivity index (χ1n) is 9.16. The first kappa shape index (κ1) is 19.2. The molecule has 0 radical (unpaired) electrons. The van der Waals surface area contributed by atoms with E-state index in [0.717, 1.165) is 37.3 Å². The molecule has 136 valence electrons. The van der Waals surface area contributed by atoms with Crippen molar-refractivity contribution in [3.8, 4) is 11.3 Å². The van der Waals surface area contributed by atoms with Crippen molar-refractivity contribution in [2.24, 2.45) is 5.92 Å². The topological polar surface area (TPSA) is 49.6 Å². The molecule has 0 spiro atoms. The second-order valence-electron chi connectivity index (χ2n) is 6.29. The highest BCUT2D eigenvalue weighted by molar-refractivity contribution is 5.94. The summed E-state index contributed by atoms with van der Waals surface area (Å²) in [5.74, 6) is 0.526. The molecule has 0 bridgehead atoms. The summed E-state index contributed by atoms with van der Waals surface area (Å²) >= 11 is 0. The predicted octanol–water partition coefficient (Wildman–Crippen LogP) is 4.06. The Morgan fingerprint density at radius 1 is 1.16 bits per heavy atom.